The number of phosphoric ester groups is 2. The third kappa shape index (κ3) is 13.8. The number of nitrogens with one attached hydrogen (secondary N) is 1. The Morgan fingerprint density at radius 3 is 2.17 bits per heavy atom. The number of anilines is 2. The maximum Gasteiger partial charge on any atom is 0.472 e. The minimum Gasteiger partial charge on any atom is -0.478 e. The number of carbonyl (C=O) groups is 2. The first kappa shape index (κ1) is 61.1. The molecule has 0 saturated carbocycles. The lowest BCUT2D eigenvalue weighted by atomic mass is 9.83. The number of benzene rings is 3. The second-order valence-electron chi connectivity index (χ2n) is 20.9. The molecular weight excluding hydrogens is 1150 g/mol. The van der Waals surface area contributed by atoms with Gasteiger partial charge in [0.15, 0.2) is 11.8 Å². The molecule has 1 amide bonds. The number of carbonyl (C=O) groups excluding carboxylic acids is 1. The number of nitrogens with zero attached hydrogens (tertiary/aromatic N) is 4. The Hall–Kier alpha value is -6.01. The molecule has 0 aliphatic carbocycles. The summed E-state index contributed by atoms with van der Waals surface area (Å²) < 4.78 is 124. The SMILES string of the molecule is CN1c2cc3c(cc2C(CS(=O)(=O)O)=CC1(C)C)C(c1ccc(C(=O)NCCCCCCOP(=O)(O)O[C@H]2[C@@H](O)[C@H](n4ccc(N)nc4=O)O[C@@H]2COP(=O)(O)O)cc1C(=O)O)=c1cc2c(cc1O3)=[N+](C)C(C)(C)C=C2CS(=O)(=O)O. The van der Waals surface area contributed by atoms with E-state index in [9.17, 15) is 74.3 Å². The molecule has 1 fully saturated rings. The van der Waals surface area contributed by atoms with Gasteiger partial charge >= 0.3 is 27.3 Å². The molecule has 1 saturated heterocycles. The van der Waals surface area contributed by atoms with Crippen LogP contribution in [0, 0.1) is 0 Å². The minimum absolute atomic E-state index is 0.0338. The molecule has 27 nitrogen and oxygen atoms in total. The molecule has 31 heteroatoms. The molecule has 4 aliphatic rings. The van der Waals surface area contributed by atoms with Gasteiger partial charge < -0.3 is 50.3 Å². The first-order chi connectivity index (χ1) is 37.5. The second-order valence-corrected chi connectivity index (χ2v) is 26.5. The predicted octanol–water partition coefficient (Wildman–Crippen LogP) is 2.42. The summed E-state index contributed by atoms with van der Waals surface area (Å²) in [6, 6.07) is 11.9. The Morgan fingerprint density at radius 1 is 0.864 bits per heavy atom. The summed E-state index contributed by atoms with van der Waals surface area (Å²) in [5.74, 6) is -3.25. The van der Waals surface area contributed by atoms with E-state index in [1.807, 2.05) is 37.2 Å². The van der Waals surface area contributed by atoms with Crippen LogP contribution in [0.2, 0.25) is 0 Å². The Balaban J connectivity index is 1.01. The van der Waals surface area contributed by atoms with Crippen molar-refractivity contribution in [3.05, 3.63) is 121 Å². The lowest BCUT2D eigenvalue weighted by Gasteiger charge is -2.41. The first-order valence-corrected chi connectivity index (χ1v) is 31.2. The average Bonchev–Trinajstić information content (AvgIpc) is 3.73. The Bertz CT molecular complexity index is 3840. The van der Waals surface area contributed by atoms with Crippen molar-refractivity contribution in [2.24, 2.45) is 0 Å². The molecule has 81 heavy (non-hydrogen) atoms. The van der Waals surface area contributed by atoms with Crippen LogP contribution >= 0.6 is 15.6 Å². The number of hydrogen-bond donors (Lipinski definition) is 9. The first-order valence-electron chi connectivity index (χ1n) is 25.0. The van der Waals surface area contributed by atoms with Crippen LogP contribution in [0.4, 0.5) is 11.5 Å². The second kappa shape index (κ2) is 22.6. The zero-order valence-corrected chi connectivity index (χ0v) is 47.9. The number of carboxylic acids is 1. The molecule has 1 aromatic heterocycles. The fourth-order valence-corrected chi connectivity index (χ4v) is 12.7. The van der Waals surface area contributed by atoms with E-state index in [0.29, 0.717) is 52.2 Å². The number of rotatable bonds is 21. The number of unbranched alkanes of at least 4 members (excludes halogenated alkanes) is 3. The summed E-state index contributed by atoms with van der Waals surface area (Å²) in [5, 5.41) is 25.4. The fourth-order valence-electron chi connectivity index (χ4n) is 10.1. The van der Waals surface area contributed by atoms with Crippen LogP contribution in [0.25, 0.3) is 16.7 Å². The van der Waals surface area contributed by atoms with Crippen LogP contribution in [0.15, 0.2) is 71.7 Å². The molecule has 0 radical (unpaired) electrons. The van der Waals surface area contributed by atoms with Crippen LogP contribution < -0.4 is 41.5 Å². The lowest BCUT2D eigenvalue weighted by molar-refractivity contribution is -0.0542. The number of nitrogen functional groups attached to an aromatic ring is 1. The standard InChI is InChI=1S/C50H60N6O21P2S2/c1-49(2)22-28(25-80(67,68)69)31-18-34-38(20-36(31)54(49)5)75-39-21-37-32(29(26-81(70,71)72)23-50(3,4)55(37)6)19-35(39)42(34)30-12-11-27(17-33(30)47(59)60)45(58)52-14-9-7-8-10-16-73-79(65,66)77-44-40(24-74-78(62,63)64)76-46(43(44)57)56-15-13-41(51)53-48(56)61/h11-13,15,17-23,40,43-44,46,57H,7-10,14,16,24-26H2,1-6H3,(H8-,51,52,53,58,59,60,61,62,63,64,65,66,67,68,69,70,71,72)/p+1/t40-,43-,44-,46-/m1/s1. The molecule has 1 unspecified atom stereocenters. The van der Waals surface area contributed by atoms with Crippen molar-refractivity contribution in [2.75, 3.05) is 56.0 Å². The molecule has 0 bridgehead atoms. The van der Waals surface area contributed by atoms with E-state index in [1.165, 1.54) is 24.3 Å². The van der Waals surface area contributed by atoms with Gasteiger partial charge in [-0.3, -0.25) is 32.0 Å². The Morgan fingerprint density at radius 2 is 1.53 bits per heavy atom. The maximum absolute atomic E-state index is 13.7. The van der Waals surface area contributed by atoms with E-state index in [1.54, 1.807) is 50.5 Å². The van der Waals surface area contributed by atoms with Crippen molar-refractivity contribution in [3.63, 3.8) is 0 Å². The summed E-state index contributed by atoms with van der Waals surface area (Å²) >= 11 is 0. The van der Waals surface area contributed by atoms with Gasteiger partial charge in [-0.05, 0) is 79.8 Å². The molecule has 4 aliphatic heterocycles. The smallest absolute Gasteiger partial charge is 0.472 e. The highest BCUT2D eigenvalue weighted by molar-refractivity contribution is 7.86. The lowest BCUT2D eigenvalue weighted by Crippen LogP contribution is -2.47. The van der Waals surface area contributed by atoms with Gasteiger partial charge in [-0.25, -0.2) is 23.3 Å². The molecule has 5 heterocycles. The predicted molar refractivity (Wildman–Crippen MR) is 292 cm³/mol. The Kier molecular flexibility index (Phi) is 17.1. The number of carboxylic acid groups (broad SMARTS) is 1. The molecule has 8 rings (SSSR count). The molecule has 3 aromatic carbocycles. The highest BCUT2D eigenvalue weighted by atomic mass is 32.2. The number of ether oxygens (including phenoxy) is 2. The van der Waals surface area contributed by atoms with E-state index in [0.717, 1.165) is 10.8 Å². The Labute approximate surface area is 464 Å². The van der Waals surface area contributed by atoms with Crippen molar-refractivity contribution in [2.45, 2.75) is 89.0 Å². The highest BCUT2D eigenvalue weighted by Crippen LogP contribution is 2.50. The summed E-state index contributed by atoms with van der Waals surface area (Å²) in [5.41, 5.74) is 5.13. The van der Waals surface area contributed by atoms with Gasteiger partial charge in [-0.2, -0.15) is 21.8 Å². The van der Waals surface area contributed by atoms with Crippen LogP contribution in [0.5, 0.6) is 11.5 Å². The number of aromatic nitrogens is 2. The van der Waals surface area contributed by atoms with E-state index >= 15 is 0 Å². The number of aliphatic hydroxyl groups is 1. The van der Waals surface area contributed by atoms with Gasteiger partial charge in [0.25, 0.3) is 26.1 Å². The third-order valence-corrected chi connectivity index (χ3v) is 17.2. The normalized spacial score (nSPS) is 20.9. The van der Waals surface area contributed by atoms with Gasteiger partial charge in [0.2, 0.25) is 5.36 Å². The quantitative estimate of drug-likeness (QED) is 0.0220. The number of fused-ring (bicyclic) bond motifs is 4. The van der Waals surface area contributed by atoms with E-state index in [-0.39, 0.29) is 70.3 Å². The monoisotopic (exact) mass is 1210 g/mol. The number of hydrogen-bond acceptors (Lipinski definition) is 18. The number of aromatic carboxylic acids is 1. The van der Waals surface area contributed by atoms with Crippen molar-refractivity contribution in [1.82, 2.24) is 19.4 Å². The third-order valence-electron chi connectivity index (χ3n) is 14.3. The van der Waals surface area contributed by atoms with E-state index in [2.05, 4.69) is 14.8 Å². The van der Waals surface area contributed by atoms with Crippen molar-refractivity contribution in [3.8, 4) is 11.5 Å². The number of nitrogens with two attached hydrogens (primary N) is 1. The molecule has 5 atom stereocenters. The van der Waals surface area contributed by atoms with Gasteiger partial charge in [0.05, 0.1) is 35.9 Å². The summed E-state index contributed by atoms with van der Waals surface area (Å²) in [6.45, 7) is 6.24. The zero-order chi connectivity index (χ0) is 59.5. The highest BCUT2D eigenvalue weighted by Gasteiger charge is 2.50. The number of phosphoric acid groups is 2. The fraction of sp³-hybridized carbons (Fsp3) is 0.420. The van der Waals surface area contributed by atoms with Crippen LogP contribution in [0.3, 0.4) is 0 Å². The average molecular weight is 1210 g/mol. The molecular formula is C50H61N6O21P2S2+. The van der Waals surface area contributed by atoms with Crippen LogP contribution in [-0.4, -0.2) is 147 Å². The molecule has 0 spiro atoms. The van der Waals surface area contributed by atoms with Crippen molar-refractivity contribution < 1.29 is 92.6 Å². The van der Waals surface area contributed by atoms with Gasteiger partial charge in [0, 0.05) is 72.9 Å². The zero-order valence-electron chi connectivity index (χ0n) is 44.4. The topological polar surface area (TPSA) is 404 Å². The number of aliphatic hydroxyl groups excluding tert-OH is 1. The van der Waals surface area contributed by atoms with Crippen LogP contribution in [-0.2, 0) is 47.7 Å². The number of likely N-dealkylation sites (N-methyl/N-ethyl adjacent to an activating group) is 2. The maximum atomic E-state index is 13.7. The number of amides is 1. The van der Waals surface area contributed by atoms with Crippen molar-refractivity contribution in [1.29, 1.82) is 0 Å². The molecule has 4 aromatic rings. The summed E-state index contributed by atoms with van der Waals surface area (Å²) in [7, 11) is -15.7. The van der Waals surface area contributed by atoms with E-state index < -0.39 is 107 Å². The summed E-state index contributed by atoms with van der Waals surface area (Å²) in [6.07, 6.45) is -0.921. The molecule has 10 N–H and O–H groups in total. The van der Waals surface area contributed by atoms with Gasteiger partial charge in [-0.15, -0.1) is 0 Å². The molecule has 438 valence electrons. The summed E-state index contributed by atoms with van der Waals surface area (Å²) in [4.78, 5) is 73.9. The van der Waals surface area contributed by atoms with Crippen molar-refractivity contribution >= 4 is 76.0 Å². The minimum atomic E-state index is -5.10. The van der Waals surface area contributed by atoms with Gasteiger partial charge in [-0.1, -0.05) is 25.0 Å². The van der Waals surface area contributed by atoms with E-state index in [4.69, 9.17) is 24.3 Å². The van der Waals surface area contributed by atoms with Crippen LogP contribution in [0.1, 0.15) is 103 Å². The largest absolute Gasteiger partial charge is 0.478 e. The van der Waals surface area contributed by atoms with Gasteiger partial charge in [0.1, 0.15) is 54.2 Å².